The van der Waals surface area contributed by atoms with Crippen molar-refractivity contribution in [3.8, 4) is 0 Å². The van der Waals surface area contributed by atoms with E-state index in [2.05, 4.69) is 34.6 Å². The highest BCUT2D eigenvalue weighted by Gasteiger charge is 2.79. The summed E-state index contributed by atoms with van der Waals surface area (Å²) in [6, 6.07) is 0. The van der Waals surface area contributed by atoms with Crippen molar-refractivity contribution in [1.82, 2.24) is 0 Å². The maximum absolute atomic E-state index is 11.7. The second-order valence-electron chi connectivity index (χ2n) is 13.6. The van der Waals surface area contributed by atoms with E-state index in [4.69, 9.17) is 9.47 Å². The molecule has 4 nitrogen and oxygen atoms in total. The largest absolute Gasteiger partial charge is 0.462 e. The van der Waals surface area contributed by atoms with Crippen LogP contribution in [-0.2, 0) is 14.3 Å². The number of fused-ring (bicyclic) bond motifs is 4. The predicted molar refractivity (Wildman–Crippen MR) is 130 cm³/mol. The van der Waals surface area contributed by atoms with Gasteiger partial charge in [-0.25, -0.2) is 0 Å². The van der Waals surface area contributed by atoms with Crippen molar-refractivity contribution in [2.24, 2.45) is 46.3 Å². The van der Waals surface area contributed by atoms with Gasteiger partial charge in [-0.3, -0.25) is 4.79 Å². The molecule has 1 spiro atoms. The topological polar surface area (TPSA) is 59.1 Å². The molecule has 4 aliphatic carbocycles. The third-order valence-electron chi connectivity index (χ3n) is 11.6. The quantitative estimate of drug-likeness (QED) is 0.382. The minimum absolute atomic E-state index is 0.0549. The maximum atomic E-state index is 11.7. The summed E-state index contributed by atoms with van der Waals surface area (Å²) < 4.78 is 12.1. The Morgan fingerprint density at radius 2 is 1.82 bits per heavy atom. The number of hydrogen-bond donors (Lipinski definition) is 1. The Labute approximate surface area is 201 Å². The van der Waals surface area contributed by atoms with Crippen molar-refractivity contribution in [2.45, 2.75) is 130 Å². The number of aliphatic hydroxyl groups is 1. The van der Waals surface area contributed by atoms with E-state index in [1.807, 2.05) is 0 Å². The van der Waals surface area contributed by atoms with Crippen LogP contribution in [-0.4, -0.2) is 35.0 Å². The number of hydrogen-bond acceptors (Lipinski definition) is 4. The highest BCUT2D eigenvalue weighted by molar-refractivity contribution is 5.66. The van der Waals surface area contributed by atoms with Crippen molar-refractivity contribution < 1.29 is 19.4 Å². The third kappa shape index (κ3) is 3.55. The first-order valence-electron chi connectivity index (χ1n) is 14.1. The highest BCUT2D eigenvalue weighted by atomic mass is 16.6. The summed E-state index contributed by atoms with van der Waals surface area (Å²) in [4.78, 5) is 11.6. The number of carbonyl (C=O) groups excluding carboxylic acids is 1. The lowest BCUT2D eigenvalue weighted by atomic mass is 9.43. The molecule has 5 fully saturated rings. The van der Waals surface area contributed by atoms with Crippen molar-refractivity contribution in [2.75, 3.05) is 0 Å². The van der Waals surface area contributed by atoms with E-state index in [1.165, 1.54) is 51.9 Å². The number of epoxide rings is 1. The Morgan fingerprint density at radius 1 is 1.06 bits per heavy atom. The molecule has 5 aliphatic rings. The monoisotopic (exact) mass is 460 g/mol. The number of aliphatic hydroxyl groups excluding tert-OH is 1. The molecule has 4 saturated carbocycles. The molecule has 0 amide bonds. The number of esters is 1. The Bertz CT molecular complexity index is 765. The Hall–Kier alpha value is -0.610. The van der Waals surface area contributed by atoms with Crippen LogP contribution >= 0.6 is 0 Å². The molecule has 188 valence electrons. The normalized spacial score (nSPS) is 51.2. The standard InChI is InChI=1S/C29H48O4/c1-17(2)8-7-9-18(3)21-10-11-22-24-23(13-14-27(21,22)5)28(6)15-12-20(32-19(4)30)16-29(28)26(33-29)25(24)31/h17-18,20-26,31H,7-16H2,1-6H3/t18-,20+,21-,22+,23+,24+,25+,26-,27-,28-,29-/m1/s1. The summed E-state index contributed by atoms with van der Waals surface area (Å²) in [5, 5.41) is 11.7. The average molecular weight is 461 g/mol. The highest BCUT2D eigenvalue weighted by Crippen LogP contribution is 2.74. The van der Waals surface area contributed by atoms with E-state index in [1.54, 1.807) is 0 Å². The van der Waals surface area contributed by atoms with Gasteiger partial charge in [-0.05, 0) is 79.4 Å². The molecule has 0 aromatic rings. The molecule has 4 heteroatoms. The Balaban J connectivity index is 1.34. The van der Waals surface area contributed by atoms with Gasteiger partial charge in [0, 0.05) is 18.8 Å². The molecule has 1 saturated heterocycles. The van der Waals surface area contributed by atoms with E-state index in [0.717, 1.165) is 37.0 Å². The van der Waals surface area contributed by atoms with Gasteiger partial charge < -0.3 is 14.6 Å². The van der Waals surface area contributed by atoms with Crippen LogP contribution in [0, 0.1) is 46.3 Å². The smallest absolute Gasteiger partial charge is 0.302 e. The van der Waals surface area contributed by atoms with E-state index < -0.39 is 0 Å². The second kappa shape index (κ2) is 8.22. The lowest BCUT2D eigenvalue weighted by Crippen LogP contribution is -2.63. The van der Waals surface area contributed by atoms with E-state index in [0.29, 0.717) is 23.2 Å². The van der Waals surface area contributed by atoms with Crippen LogP contribution < -0.4 is 0 Å². The summed E-state index contributed by atoms with van der Waals surface area (Å²) in [6.07, 6.45) is 11.5. The molecule has 5 rings (SSSR count). The maximum Gasteiger partial charge on any atom is 0.302 e. The average Bonchev–Trinajstić information content (AvgIpc) is 3.35. The molecule has 11 atom stereocenters. The zero-order chi connectivity index (χ0) is 23.8. The summed E-state index contributed by atoms with van der Waals surface area (Å²) in [5.41, 5.74) is 0.182. The van der Waals surface area contributed by atoms with Gasteiger partial charge in [-0.1, -0.05) is 53.9 Å². The Kier molecular flexibility index (Phi) is 6.00. The first kappa shape index (κ1) is 24.1. The van der Waals surface area contributed by atoms with Crippen LogP contribution in [0.2, 0.25) is 0 Å². The van der Waals surface area contributed by atoms with Gasteiger partial charge in [0.25, 0.3) is 0 Å². The van der Waals surface area contributed by atoms with Crippen LogP contribution in [0.5, 0.6) is 0 Å². The summed E-state index contributed by atoms with van der Waals surface area (Å²) in [7, 11) is 0. The zero-order valence-corrected chi connectivity index (χ0v) is 21.9. The molecular weight excluding hydrogens is 412 g/mol. The molecule has 1 heterocycles. The third-order valence-corrected chi connectivity index (χ3v) is 11.6. The number of rotatable bonds is 6. The minimum atomic E-state index is -0.362. The number of carbonyl (C=O) groups is 1. The summed E-state index contributed by atoms with van der Waals surface area (Å²) >= 11 is 0. The van der Waals surface area contributed by atoms with E-state index in [9.17, 15) is 9.90 Å². The lowest BCUT2D eigenvalue weighted by Gasteiger charge is -2.60. The summed E-state index contributed by atoms with van der Waals surface area (Å²) in [5.74, 6) is 3.69. The minimum Gasteiger partial charge on any atom is -0.462 e. The number of ether oxygens (including phenoxy) is 2. The molecular formula is C29H48O4. The molecule has 0 bridgehead atoms. The molecule has 0 unspecified atom stereocenters. The van der Waals surface area contributed by atoms with E-state index >= 15 is 0 Å². The van der Waals surface area contributed by atoms with Gasteiger partial charge in [0.2, 0.25) is 0 Å². The van der Waals surface area contributed by atoms with Crippen LogP contribution in [0.25, 0.3) is 0 Å². The van der Waals surface area contributed by atoms with Gasteiger partial charge in [0.05, 0.1) is 6.10 Å². The van der Waals surface area contributed by atoms with Crippen molar-refractivity contribution in [3.63, 3.8) is 0 Å². The van der Waals surface area contributed by atoms with Crippen LogP contribution in [0.15, 0.2) is 0 Å². The van der Waals surface area contributed by atoms with E-state index in [-0.39, 0.29) is 35.3 Å². The fraction of sp³-hybridized carbons (Fsp3) is 0.966. The fourth-order valence-corrected chi connectivity index (χ4v) is 9.98. The van der Waals surface area contributed by atoms with Crippen LogP contribution in [0.3, 0.4) is 0 Å². The van der Waals surface area contributed by atoms with Gasteiger partial charge in [-0.2, -0.15) is 0 Å². The second-order valence-corrected chi connectivity index (χ2v) is 13.6. The van der Waals surface area contributed by atoms with Crippen molar-refractivity contribution in [3.05, 3.63) is 0 Å². The lowest BCUT2D eigenvalue weighted by molar-refractivity contribution is -0.166. The molecule has 1 aliphatic heterocycles. The van der Waals surface area contributed by atoms with Crippen molar-refractivity contribution in [1.29, 1.82) is 0 Å². The van der Waals surface area contributed by atoms with Gasteiger partial charge in [0.15, 0.2) is 0 Å². The fourth-order valence-electron chi connectivity index (χ4n) is 9.98. The zero-order valence-electron chi connectivity index (χ0n) is 21.9. The molecule has 0 aromatic heterocycles. The van der Waals surface area contributed by atoms with Gasteiger partial charge in [-0.15, -0.1) is 0 Å². The Morgan fingerprint density at radius 3 is 2.52 bits per heavy atom. The SMILES string of the molecule is CC(=O)O[C@H]1CC[C@]2(C)[C@H]3CC[C@]4(C)[C@@H]([C@H](C)CCCC(C)C)CC[C@H]4[C@@H]3[C@H](O)[C@H]3O[C@]32C1. The first-order chi connectivity index (χ1) is 15.5. The molecule has 1 N–H and O–H groups in total. The first-order valence-corrected chi connectivity index (χ1v) is 14.1. The molecule has 0 radical (unpaired) electrons. The van der Waals surface area contributed by atoms with Gasteiger partial charge in [0.1, 0.15) is 17.8 Å². The molecule has 33 heavy (non-hydrogen) atoms. The molecule has 0 aromatic carbocycles. The summed E-state index contributed by atoms with van der Waals surface area (Å²) in [6.45, 7) is 13.7. The van der Waals surface area contributed by atoms with Gasteiger partial charge >= 0.3 is 5.97 Å². The van der Waals surface area contributed by atoms with Crippen LogP contribution in [0.1, 0.15) is 106 Å². The van der Waals surface area contributed by atoms with Crippen molar-refractivity contribution >= 4 is 5.97 Å². The predicted octanol–water partition coefficient (Wildman–Crippen LogP) is 6.14. The van der Waals surface area contributed by atoms with Crippen LogP contribution in [0.4, 0.5) is 0 Å².